The molecule has 0 radical (unpaired) electrons. The van der Waals surface area contributed by atoms with Gasteiger partial charge < -0.3 is 26.7 Å². The Morgan fingerprint density at radius 1 is 1.27 bits per heavy atom. The lowest BCUT2D eigenvalue weighted by atomic mass is 9.99. The number of aromatic nitrogens is 2. The van der Waals surface area contributed by atoms with Gasteiger partial charge in [-0.25, -0.2) is 4.98 Å². The molecule has 33 heavy (non-hydrogen) atoms. The Balaban J connectivity index is 2.13. The average Bonchev–Trinajstić information content (AvgIpc) is 2.81. The van der Waals surface area contributed by atoms with E-state index in [0.717, 1.165) is 25.3 Å². The number of halogens is 3. The zero-order chi connectivity index (χ0) is 24.0. The molecule has 1 aliphatic rings. The van der Waals surface area contributed by atoms with Gasteiger partial charge in [-0.1, -0.05) is 12.1 Å². The molecule has 2 heterocycles. The van der Waals surface area contributed by atoms with Crippen LogP contribution in [-0.4, -0.2) is 55.1 Å². The first kappa shape index (κ1) is 24.0. The molecule has 0 spiro atoms. The van der Waals surface area contributed by atoms with Gasteiger partial charge in [0.2, 0.25) is 5.95 Å². The van der Waals surface area contributed by atoms with E-state index in [1.165, 1.54) is 0 Å². The maximum absolute atomic E-state index is 12.6. The van der Waals surface area contributed by atoms with Gasteiger partial charge in [-0.15, -0.1) is 0 Å². The van der Waals surface area contributed by atoms with E-state index >= 15 is 0 Å². The van der Waals surface area contributed by atoms with Crippen molar-refractivity contribution in [3.05, 3.63) is 41.6 Å². The van der Waals surface area contributed by atoms with Gasteiger partial charge in [0.05, 0.1) is 22.9 Å². The zero-order valence-electron chi connectivity index (χ0n) is 18.1. The standard InChI is InChI=1S/C22H25F3N8/c1-29-20-18(16(11-27)12-30-13-22(23,24)25)19(15-4-2-14(10-26)3-5-15)31-21(32-20)33-8-6-17(28)7-9-33/h2-5,11-12,17,27,30H,6-9,13,28H2,1H3,(H,29,31,32)/b16-12+,27-11?. The lowest BCUT2D eigenvalue weighted by molar-refractivity contribution is -0.122. The van der Waals surface area contributed by atoms with E-state index in [1.807, 2.05) is 4.90 Å². The van der Waals surface area contributed by atoms with Crippen molar-refractivity contribution in [3.63, 3.8) is 0 Å². The summed E-state index contributed by atoms with van der Waals surface area (Å²) in [6.07, 6.45) is -0.734. The number of allylic oxidation sites excluding steroid dienone is 1. The van der Waals surface area contributed by atoms with Gasteiger partial charge in [0, 0.05) is 49.7 Å². The van der Waals surface area contributed by atoms with Crippen LogP contribution in [0.15, 0.2) is 30.5 Å². The molecule has 0 aliphatic carbocycles. The lowest BCUT2D eigenvalue weighted by Crippen LogP contribution is -2.40. The molecule has 5 N–H and O–H groups in total. The van der Waals surface area contributed by atoms with Crippen molar-refractivity contribution in [2.24, 2.45) is 5.73 Å². The quantitative estimate of drug-likeness (QED) is 0.470. The van der Waals surface area contributed by atoms with Crippen LogP contribution in [-0.2, 0) is 0 Å². The van der Waals surface area contributed by atoms with Gasteiger partial charge in [0.25, 0.3) is 0 Å². The highest BCUT2D eigenvalue weighted by molar-refractivity contribution is 6.12. The van der Waals surface area contributed by atoms with Crippen molar-refractivity contribution in [1.82, 2.24) is 15.3 Å². The lowest BCUT2D eigenvalue weighted by Gasteiger charge is -2.31. The van der Waals surface area contributed by atoms with Gasteiger partial charge in [0.15, 0.2) is 0 Å². The Labute approximate surface area is 189 Å². The van der Waals surface area contributed by atoms with Gasteiger partial charge in [-0.2, -0.15) is 23.4 Å². The molecular weight excluding hydrogens is 433 g/mol. The number of rotatable bonds is 7. The third-order valence-corrected chi connectivity index (χ3v) is 5.25. The van der Waals surface area contributed by atoms with Crippen LogP contribution in [0, 0.1) is 16.7 Å². The van der Waals surface area contributed by atoms with E-state index in [9.17, 15) is 13.2 Å². The minimum absolute atomic E-state index is 0.120. The number of nitrogens with zero attached hydrogens (tertiary/aromatic N) is 4. The van der Waals surface area contributed by atoms with Crippen LogP contribution in [0.25, 0.3) is 16.8 Å². The van der Waals surface area contributed by atoms with Gasteiger partial charge in [-0.05, 0) is 25.0 Å². The summed E-state index contributed by atoms with van der Waals surface area (Å²) in [7, 11) is 1.65. The Morgan fingerprint density at radius 2 is 1.94 bits per heavy atom. The first-order valence-electron chi connectivity index (χ1n) is 10.4. The van der Waals surface area contributed by atoms with Crippen molar-refractivity contribution in [2.45, 2.75) is 25.1 Å². The summed E-state index contributed by atoms with van der Waals surface area (Å²) in [6.45, 7) is 0.117. The number of hydrogen-bond donors (Lipinski definition) is 4. The van der Waals surface area contributed by atoms with Crippen molar-refractivity contribution in [3.8, 4) is 17.3 Å². The number of benzene rings is 1. The van der Waals surface area contributed by atoms with E-state index < -0.39 is 12.7 Å². The number of nitrogens with two attached hydrogens (primary N) is 1. The number of nitriles is 1. The van der Waals surface area contributed by atoms with Crippen molar-refractivity contribution < 1.29 is 13.2 Å². The molecule has 0 unspecified atom stereocenters. The first-order chi connectivity index (χ1) is 15.8. The maximum atomic E-state index is 12.6. The molecule has 8 nitrogen and oxygen atoms in total. The van der Waals surface area contributed by atoms with Crippen LogP contribution in [0.1, 0.15) is 24.0 Å². The van der Waals surface area contributed by atoms with Crippen LogP contribution in [0.5, 0.6) is 0 Å². The molecule has 0 amide bonds. The van der Waals surface area contributed by atoms with Crippen molar-refractivity contribution in [1.29, 1.82) is 10.7 Å². The first-order valence-corrected chi connectivity index (χ1v) is 10.4. The van der Waals surface area contributed by atoms with Gasteiger partial charge in [-0.3, -0.25) is 0 Å². The maximum Gasteiger partial charge on any atom is 0.405 e. The fourth-order valence-electron chi connectivity index (χ4n) is 3.52. The minimum atomic E-state index is -4.40. The molecule has 11 heteroatoms. The van der Waals surface area contributed by atoms with Crippen molar-refractivity contribution in [2.75, 3.05) is 36.9 Å². The Kier molecular flexibility index (Phi) is 7.50. The highest BCUT2D eigenvalue weighted by atomic mass is 19.4. The highest BCUT2D eigenvalue weighted by Crippen LogP contribution is 2.34. The Hall–Kier alpha value is -3.65. The van der Waals surface area contributed by atoms with Crippen LogP contribution < -0.4 is 21.3 Å². The Bertz CT molecular complexity index is 1050. The third-order valence-electron chi connectivity index (χ3n) is 5.25. The number of hydrogen-bond acceptors (Lipinski definition) is 8. The molecule has 1 aliphatic heterocycles. The van der Waals surface area contributed by atoms with Crippen molar-refractivity contribution >= 4 is 23.6 Å². The number of anilines is 2. The molecule has 0 saturated carbocycles. The molecule has 1 fully saturated rings. The summed E-state index contributed by atoms with van der Waals surface area (Å²) in [5, 5.41) is 22.2. The molecule has 2 aromatic rings. The molecule has 174 valence electrons. The fourth-order valence-corrected chi connectivity index (χ4v) is 3.52. The largest absolute Gasteiger partial charge is 0.405 e. The second kappa shape index (κ2) is 10.3. The van der Waals surface area contributed by atoms with Gasteiger partial charge >= 0.3 is 6.18 Å². The molecule has 1 aromatic heterocycles. The monoisotopic (exact) mass is 458 g/mol. The van der Waals surface area contributed by atoms with E-state index in [1.54, 1.807) is 31.3 Å². The van der Waals surface area contributed by atoms with Crippen LogP contribution in [0.3, 0.4) is 0 Å². The number of alkyl halides is 3. The van der Waals surface area contributed by atoms with Crippen LogP contribution in [0.2, 0.25) is 0 Å². The second-order valence-corrected chi connectivity index (χ2v) is 7.60. The topological polar surface area (TPSA) is 127 Å². The molecule has 0 atom stereocenters. The Morgan fingerprint density at radius 3 is 2.48 bits per heavy atom. The summed E-state index contributed by atoms with van der Waals surface area (Å²) in [6, 6.07) is 8.87. The smallest absolute Gasteiger partial charge is 0.382 e. The average molecular weight is 458 g/mol. The summed E-state index contributed by atoms with van der Waals surface area (Å²) in [5.41, 5.74) is 8.11. The molecule has 0 bridgehead atoms. The SMILES string of the molecule is CNc1nc(N2CCC(N)CC2)nc(-c2ccc(C#N)cc2)c1/C(C=N)=C/NCC(F)(F)F. The second-order valence-electron chi connectivity index (χ2n) is 7.60. The normalized spacial score (nSPS) is 15.2. The van der Waals surface area contributed by atoms with E-state index in [0.29, 0.717) is 47.2 Å². The predicted octanol–water partition coefficient (Wildman–Crippen LogP) is 3.13. The highest BCUT2D eigenvalue weighted by Gasteiger charge is 2.27. The summed E-state index contributed by atoms with van der Waals surface area (Å²) in [4.78, 5) is 11.4. The minimum Gasteiger partial charge on any atom is -0.382 e. The zero-order valence-corrected chi connectivity index (χ0v) is 18.1. The van der Waals surface area contributed by atoms with E-state index in [4.69, 9.17) is 21.4 Å². The van der Waals surface area contributed by atoms with Gasteiger partial charge in [0.1, 0.15) is 12.4 Å². The summed E-state index contributed by atoms with van der Waals surface area (Å²) in [5.74, 6) is 0.833. The van der Waals surface area contributed by atoms with Crippen LogP contribution in [0.4, 0.5) is 24.9 Å². The fraction of sp³-hybridized carbons (Fsp3) is 0.364. The third kappa shape index (κ3) is 5.98. The molecule has 3 rings (SSSR count). The number of nitrogens with one attached hydrogen (secondary N) is 3. The van der Waals surface area contributed by atoms with E-state index in [-0.39, 0.29) is 11.6 Å². The molecule has 1 saturated heterocycles. The summed E-state index contributed by atoms with van der Waals surface area (Å²) < 4.78 is 37.9. The summed E-state index contributed by atoms with van der Waals surface area (Å²) >= 11 is 0. The van der Waals surface area contributed by atoms with E-state index in [2.05, 4.69) is 21.7 Å². The van der Waals surface area contributed by atoms with Crippen LogP contribution >= 0.6 is 0 Å². The molecule has 1 aromatic carbocycles. The number of piperidine rings is 1. The predicted molar refractivity (Wildman–Crippen MR) is 122 cm³/mol. The molecular formula is C22H25F3N8.